The number of methoxy groups -OCH3 is 1. The third-order valence-corrected chi connectivity index (χ3v) is 2.80. The molecule has 7 heteroatoms. The summed E-state index contributed by atoms with van der Waals surface area (Å²) in [7, 11) is 1.64. The maximum Gasteiger partial charge on any atom is 0.417 e. The molecule has 7 nitrogen and oxygen atoms in total. The third kappa shape index (κ3) is 3.75. The molecule has 0 aliphatic rings. The number of fused-ring (bicyclic) bond motifs is 1. The van der Waals surface area contributed by atoms with Gasteiger partial charge in [0.15, 0.2) is 5.58 Å². The number of aromatic nitrogens is 1. The van der Waals surface area contributed by atoms with Crippen LogP contribution in [0.1, 0.15) is 6.42 Å². The van der Waals surface area contributed by atoms with E-state index in [1.165, 1.54) is 0 Å². The zero-order valence-electron chi connectivity index (χ0n) is 11.4. The molecule has 0 radical (unpaired) electrons. The second-order valence-electron chi connectivity index (χ2n) is 4.34. The van der Waals surface area contributed by atoms with E-state index in [0.29, 0.717) is 36.6 Å². The van der Waals surface area contributed by atoms with E-state index in [9.17, 15) is 4.79 Å². The molecule has 1 aromatic carbocycles. The Kier molecular flexibility index (Phi) is 5.03. The summed E-state index contributed by atoms with van der Waals surface area (Å²) in [6, 6.07) is 3.39. The minimum absolute atomic E-state index is 0.459. The Morgan fingerprint density at radius 3 is 3.00 bits per heavy atom. The zero-order chi connectivity index (χ0) is 14.4. The van der Waals surface area contributed by atoms with Gasteiger partial charge < -0.3 is 24.9 Å². The average Bonchev–Trinajstić information content (AvgIpc) is 2.77. The van der Waals surface area contributed by atoms with Crippen molar-refractivity contribution >= 4 is 22.5 Å². The summed E-state index contributed by atoms with van der Waals surface area (Å²) in [5, 5.41) is 3.21. The number of rotatable bonds is 8. The van der Waals surface area contributed by atoms with Crippen LogP contribution in [-0.2, 0) is 9.47 Å². The number of H-pyrrole nitrogens is 1. The van der Waals surface area contributed by atoms with Crippen LogP contribution in [0, 0.1) is 0 Å². The molecule has 0 atom stereocenters. The van der Waals surface area contributed by atoms with Gasteiger partial charge in [-0.05, 0) is 12.5 Å². The number of benzene rings is 1. The molecule has 0 bridgehead atoms. The Hall–Kier alpha value is -1.99. The lowest BCUT2D eigenvalue weighted by molar-refractivity contribution is 0.0705. The SMILES string of the molecule is COCCOCCCNc1cc2[nH]c(=O)oc2cc1N. The maximum atomic E-state index is 11.1. The van der Waals surface area contributed by atoms with Crippen LogP contribution in [0.2, 0.25) is 0 Å². The summed E-state index contributed by atoms with van der Waals surface area (Å²) >= 11 is 0. The standard InChI is InChI=1S/C13H19N3O4/c1-18-5-6-19-4-2-3-15-10-8-11-12(7-9(10)14)20-13(17)16-11/h7-8,15H,2-6,14H2,1H3,(H,16,17). The Bertz CT molecular complexity index is 605. The fourth-order valence-electron chi connectivity index (χ4n) is 1.81. The van der Waals surface area contributed by atoms with Gasteiger partial charge in [-0.1, -0.05) is 0 Å². The van der Waals surface area contributed by atoms with Gasteiger partial charge in [-0.15, -0.1) is 0 Å². The average molecular weight is 281 g/mol. The summed E-state index contributed by atoms with van der Waals surface area (Å²) < 4.78 is 15.2. The highest BCUT2D eigenvalue weighted by molar-refractivity contribution is 5.85. The van der Waals surface area contributed by atoms with E-state index in [2.05, 4.69) is 10.3 Å². The molecule has 0 saturated carbocycles. The second kappa shape index (κ2) is 6.97. The monoisotopic (exact) mass is 281 g/mol. The molecule has 2 aromatic rings. The minimum Gasteiger partial charge on any atom is -0.408 e. The molecule has 1 aromatic heterocycles. The fourth-order valence-corrected chi connectivity index (χ4v) is 1.81. The lowest BCUT2D eigenvalue weighted by Crippen LogP contribution is -2.09. The van der Waals surface area contributed by atoms with Crippen LogP contribution in [0.4, 0.5) is 11.4 Å². The molecule has 0 aliphatic heterocycles. The molecule has 4 N–H and O–H groups in total. The van der Waals surface area contributed by atoms with E-state index in [-0.39, 0.29) is 0 Å². The maximum absolute atomic E-state index is 11.1. The topological polar surface area (TPSA) is 103 Å². The van der Waals surface area contributed by atoms with E-state index in [1.54, 1.807) is 19.2 Å². The van der Waals surface area contributed by atoms with Crippen molar-refractivity contribution in [2.75, 3.05) is 44.5 Å². The normalized spacial score (nSPS) is 11.1. The van der Waals surface area contributed by atoms with Crippen LogP contribution in [-0.4, -0.2) is 38.5 Å². The molecule has 0 fully saturated rings. The number of hydrogen-bond donors (Lipinski definition) is 3. The predicted octanol–water partition coefficient (Wildman–Crippen LogP) is 1.17. The van der Waals surface area contributed by atoms with Crippen molar-refractivity contribution in [3.05, 3.63) is 22.7 Å². The summed E-state index contributed by atoms with van der Waals surface area (Å²) in [6.45, 7) is 2.58. The number of oxazole rings is 1. The number of nitrogens with two attached hydrogens (primary N) is 1. The van der Waals surface area contributed by atoms with Crippen LogP contribution >= 0.6 is 0 Å². The first-order valence-corrected chi connectivity index (χ1v) is 6.43. The van der Waals surface area contributed by atoms with Gasteiger partial charge in [-0.3, -0.25) is 4.98 Å². The molecular weight excluding hydrogens is 262 g/mol. The summed E-state index contributed by atoms with van der Waals surface area (Å²) in [5.74, 6) is -0.483. The van der Waals surface area contributed by atoms with Crippen molar-refractivity contribution in [3.8, 4) is 0 Å². The summed E-state index contributed by atoms with van der Waals surface area (Å²) in [4.78, 5) is 13.7. The first kappa shape index (κ1) is 14.4. The molecular formula is C13H19N3O4. The smallest absolute Gasteiger partial charge is 0.408 e. The number of nitrogen functional groups attached to an aromatic ring is 1. The molecule has 20 heavy (non-hydrogen) atoms. The van der Waals surface area contributed by atoms with E-state index in [4.69, 9.17) is 19.6 Å². The van der Waals surface area contributed by atoms with Crippen molar-refractivity contribution in [3.63, 3.8) is 0 Å². The number of nitrogens with one attached hydrogen (secondary N) is 2. The van der Waals surface area contributed by atoms with Crippen molar-refractivity contribution < 1.29 is 13.9 Å². The Morgan fingerprint density at radius 2 is 2.20 bits per heavy atom. The van der Waals surface area contributed by atoms with Gasteiger partial charge in [-0.2, -0.15) is 0 Å². The van der Waals surface area contributed by atoms with Gasteiger partial charge in [0.05, 0.1) is 30.1 Å². The number of aromatic amines is 1. The van der Waals surface area contributed by atoms with Crippen molar-refractivity contribution in [1.82, 2.24) is 4.98 Å². The molecule has 0 saturated heterocycles. The van der Waals surface area contributed by atoms with Crippen molar-refractivity contribution in [2.24, 2.45) is 0 Å². The molecule has 0 spiro atoms. The van der Waals surface area contributed by atoms with E-state index in [0.717, 1.165) is 18.7 Å². The van der Waals surface area contributed by atoms with E-state index in [1.807, 2.05) is 0 Å². The van der Waals surface area contributed by atoms with Crippen molar-refractivity contribution in [2.45, 2.75) is 6.42 Å². The van der Waals surface area contributed by atoms with Crippen LogP contribution in [0.3, 0.4) is 0 Å². The first-order chi connectivity index (χ1) is 9.70. The molecule has 0 aliphatic carbocycles. The summed E-state index contributed by atoms with van der Waals surface area (Å²) in [5.41, 5.74) is 8.29. The van der Waals surface area contributed by atoms with Crippen LogP contribution in [0.25, 0.3) is 11.1 Å². The lowest BCUT2D eigenvalue weighted by atomic mass is 10.2. The predicted molar refractivity (Wildman–Crippen MR) is 77.0 cm³/mol. The van der Waals surface area contributed by atoms with Gasteiger partial charge >= 0.3 is 5.76 Å². The van der Waals surface area contributed by atoms with Crippen molar-refractivity contribution in [1.29, 1.82) is 0 Å². The minimum atomic E-state index is -0.483. The first-order valence-electron chi connectivity index (χ1n) is 6.43. The number of ether oxygens (including phenoxy) is 2. The second-order valence-corrected chi connectivity index (χ2v) is 4.34. The highest BCUT2D eigenvalue weighted by Crippen LogP contribution is 2.24. The highest BCUT2D eigenvalue weighted by Gasteiger charge is 2.06. The third-order valence-electron chi connectivity index (χ3n) is 2.80. The van der Waals surface area contributed by atoms with E-state index >= 15 is 0 Å². The molecule has 2 rings (SSSR count). The summed E-state index contributed by atoms with van der Waals surface area (Å²) in [6.07, 6.45) is 0.850. The molecule has 0 unspecified atom stereocenters. The Morgan fingerprint density at radius 1 is 1.35 bits per heavy atom. The quantitative estimate of drug-likeness (QED) is 0.496. The Balaban J connectivity index is 1.83. The van der Waals surface area contributed by atoms with Gasteiger partial charge in [0.2, 0.25) is 0 Å². The number of anilines is 2. The van der Waals surface area contributed by atoms with Gasteiger partial charge in [0.1, 0.15) is 0 Å². The highest BCUT2D eigenvalue weighted by atomic mass is 16.5. The Labute approximate surface area is 116 Å². The largest absolute Gasteiger partial charge is 0.417 e. The molecule has 0 amide bonds. The van der Waals surface area contributed by atoms with Gasteiger partial charge in [-0.25, -0.2) is 4.79 Å². The van der Waals surface area contributed by atoms with Crippen LogP contribution in [0.5, 0.6) is 0 Å². The zero-order valence-corrected chi connectivity index (χ0v) is 11.4. The van der Waals surface area contributed by atoms with Crippen LogP contribution < -0.4 is 16.8 Å². The fraction of sp³-hybridized carbons (Fsp3) is 0.462. The molecule has 110 valence electrons. The van der Waals surface area contributed by atoms with Crippen LogP contribution in [0.15, 0.2) is 21.3 Å². The van der Waals surface area contributed by atoms with E-state index < -0.39 is 5.76 Å². The number of hydrogen-bond acceptors (Lipinski definition) is 6. The van der Waals surface area contributed by atoms with Gasteiger partial charge in [0, 0.05) is 26.3 Å². The molecule has 1 heterocycles. The van der Waals surface area contributed by atoms with Gasteiger partial charge in [0.25, 0.3) is 0 Å². The lowest BCUT2D eigenvalue weighted by Gasteiger charge is -2.09.